The van der Waals surface area contributed by atoms with E-state index in [0.717, 1.165) is 0 Å². The number of carbonyl (C=O) groups is 2. The minimum Gasteiger partial charge on any atom is -0.480 e. The Morgan fingerprint density at radius 2 is 1.63 bits per heavy atom. The first-order valence-corrected chi connectivity index (χ1v) is 6.43. The summed E-state index contributed by atoms with van der Waals surface area (Å²) >= 11 is 0. The summed E-state index contributed by atoms with van der Waals surface area (Å²) in [5.41, 5.74) is -1.64. The monoisotopic (exact) mass is 270 g/mol. The third-order valence-corrected chi connectivity index (χ3v) is 3.10. The molecule has 0 saturated carbocycles. The van der Waals surface area contributed by atoms with Crippen molar-refractivity contribution < 1.29 is 14.7 Å². The zero-order valence-corrected chi connectivity index (χ0v) is 12.9. The zero-order chi connectivity index (χ0) is 15.4. The highest BCUT2D eigenvalue weighted by Gasteiger charge is 2.40. The molecule has 0 radical (unpaired) electrons. The van der Waals surface area contributed by atoms with Crippen LogP contribution in [0.5, 0.6) is 0 Å². The van der Waals surface area contributed by atoms with E-state index in [2.05, 4.69) is 6.58 Å². The highest BCUT2D eigenvalue weighted by molar-refractivity contribution is 5.86. The van der Waals surface area contributed by atoms with Crippen LogP contribution < -0.4 is 0 Å². The highest BCUT2D eigenvalue weighted by atomic mass is 16.4. The minimum atomic E-state index is -1.24. The Hall–Kier alpha value is -1.52. The fraction of sp³-hybridized carbons (Fsp3) is 0.714. The number of hydrogen-bond donors (Lipinski definition) is 1. The van der Waals surface area contributed by atoms with Crippen molar-refractivity contribution in [2.75, 3.05) is 13.1 Å². The SMILES string of the molecule is C=CCN(C(=O)N(CC)C(C)(C)C(=O)O)C(C)(C)C. The van der Waals surface area contributed by atoms with Crippen LogP contribution in [-0.2, 0) is 4.79 Å². The van der Waals surface area contributed by atoms with E-state index in [9.17, 15) is 14.7 Å². The second-order valence-electron chi connectivity index (χ2n) is 5.96. The lowest BCUT2D eigenvalue weighted by Gasteiger charge is -2.42. The number of aliphatic carboxylic acids is 1. The quantitative estimate of drug-likeness (QED) is 0.781. The predicted octanol–water partition coefficient (Wildman–Crippen LogP) is 2.58. The van der Waals surface area contributed by atoms with Gasteiger partial charge < -0.3 is 14.9 Å². The lowest BCUT2D eigenvalue weighted by atomic mass is 10.0. The van der Waals surface area contributed by atoms with E-state index >= 15 is 0 Å². The van der Waals surface area contributed by atoms with Gasteiger partial charge in [-0.1, -0.05) is 6.08 Å². The molecule has 0 aliphatic carbocycles. The largest absolute Gasteiger partial charge is 0.480 e. The average Bonchev–Trinajstić information content (AvgIpc) is 2.24. The first-order valence-electron chi connectivity index (χ1n) is 6.43. The van der Waals surface area contributed by atoms with Crippen molar-refractivity contribution in [3.05, 3.63) is 12.7 Å². The van der Waals surface area contributed by atoms with Crippen LogP contribution in [0.15, 0.2) is 12.7 Å². The van der Waals surface area contributed by atoms with Gasteiger partial charge in [0.25, 0.3) is 0 Å². The molecule has 0 unspecified atom stereocenters. The van der Waals surface area contributed by atoms with Crippen molar-refractivity contribution in [1.29, 1.82) is 0 Å². The van der Waals surface area contributed by atoms with Crippen molar-refractivity contribution in [3.8, 4) is 0 Å². The van der Waals surface area contributed by atoms with Gasteiger partial charge in [-0.15, -0.1) is 6.58 Å². The van der Waals surface area contributed by atoms with Crippen LogP contribution in [0.3, 0.4) is 0 Å². The first-order chi connectivity index (χ1) is 8.50. The molecule has 0 atom stereocenters. The van der Waals surface area contributed by atoms with E-state index in [1.54, 1.807) is 17.9 Å². The topological polar surface area (TPSA) is 60.9 Å². The molecule has 0 aliphatic heterocycles. The van der Waals surface area contributed by atoms with Crippen LogP contribution in [-0.4, -0.2) is 51.1 Å². The Morgan fingerprint density at radius 1 is 1.16 bits per heavy atom. The van der Waals surface area contributed by atoms with Crippen molar-refractivity contribution in [2.24, 2.45) is 0 Å². The molecule has 5 nitrogen and oxygen atoms in total. The smallest absolute Gasteiger partial charge is 0.329 e. The molecular formula is C14H26N2O3. The normalized spacial score (nSPS) is 11.9. The second-order valence-corrected chi connectivity index (χ2v) is 5.96. The molecule has 1 N–H and O–H groups in total. The van der Waals surface area contributed by atoms with Crippen molar-refractivity contribution in [1.82, 2.24) is 9.80 Å². The summed E-state index contributed by atoms with van der Waals surface area (Å²) < 4.78 is 0. The number of hydrogen-bond acceptors (Lipinski definition) is 2. The number of urea groups is 1. The Labute approximate surface area is 115 Å². The molecule has 110 valence electrons. The number of carbonyl (C=O) groups excluding carboxylic acids is 1. The fourth-order valence-corrected chi connectivity index (χ4v) is 1.80. The number of likely N-dealkylation sites (N-methyl/N-ethyl adjacent to an activating group) is 1. The fourth-order valence-electron chi connectivity index (χ4n) is 1.80. The zero-order valence-electron chi connectivity index (χ0n) is 12.9. The van der Waals surface area contributed by atoms with Crippen LogP contribution in [0.25, 0.3) is 0 Å². The van der Waals surface area contributed by atoms with Gasteiger partial charge in [-0.05, 0) is 41.5 Å². The summed E-state index contributed by atoms with van der Waals surface area (Å²) in [6.07, 6.45) is 1.64. The number of carboxylic acids is 1. The molecule has 2 amide bonds. The molecule has 0 aromatic heterocycles. The Kier molecular flexibility index (Phi) is 5.60. The van der Waals surface area contributed by atoms with Crippen LogP contribution in [0.1, 0.15) is 41.5 Å². The molecule has 0 fully saturated rings. The highest BCUT2D eigenvalue weighted by Crippen LogP contribution is 2.22. The Bertz CT molecular complexity index is 356. The summed E-state index contributed by atoms with van der Waals surface area (Å²) in [6, 6.07) is -0.290. The molecule has 0 spiro atoms. The summed E-state index contributed by atoms with van der Waals surface area (Å²) in [7, 11) is 0. The van der Waals surface area contributed by atoms with E-state index in [-0.39, 0.29) is 6.03 Å². The van der Waals surface area contributed by atoms with Gasteiger partial charge in [-0.25, -0.2) is 9.59 Å². The Balaban J connectivity index is 5.43. The number of carboxylic acid groups (broad SMARTS) is 1. The third-order valence-electron chi connectivity index (χ3n) is 3.10. The molecule has 0 aromatic rings. The van der Waals surface area contributed by atoms with Crippen molar-refractivity contribution in [2.45, 2.75) is 52.6 Å². The van der Waals surface area contributed by atoms with Gasteiger partial charge >= 0.3 is 12.0 Å². The van der Waals surface area contributed by atoms with Gasteiger partial charge in [-0.3, -0.25) is 0 Å². The second kappa shape index (κ2) is 6.08. The van der Waals surface area contributed by atoms with Crippen LogP contribution >= 0.6 is 0 Å². The summed E-state index contributed by atoms with van der Waals surface area (Å²) in [6.45, 7) is 14.9. The molecule has 0 aromatic carbocycles. The maximum atomic E-state index is 12.6. The predicted molar refractivity (Wildman–Crippen MR) is 76.1 cm³/mol. The number of nitrogens with zero attached hydrogens (tertiary/aromatic N) is 2. The maximum absolute atomic E-state index is 12.6. The van der Waals surface area contributed by atoms with Gasteiger partial charge in [0.1, 0.15) is 5.54 Å². The van der Waals surface area contributed by atoms with Gasteiger partial charge in [0.05, 0.1) is 0 Å². The lowest BCUT2D eigenvalue weighted by Crippen LogP contribution is -2.60. The first kappa shape index (κ1) is 17.5. The van der Waals surface area contributed by atoms with E-state index in [1.165, 1.54) is 18.7 Å². The number of rotatable bonds is 5. The van der Waals surface area contributed by atoms with Crippen LogP contribution in [0.2, 0.25) is 0 Å². The van der Waals surface area contributed by atoms with E-state index in [4.69, 9.17) is 0 Å². The summed E-state index contributed by atoms with van der Waals surface area (Å²) in [5, 5.41) is 9.27. The van der Waals surface area contributed by atoms with Gasteiger partial charge in [0.2, 0.25) is 0 Å². The number of amides is 2. The molecule has 0 aliphatic rings. The van der Waals surface area contributed by atoms with E-state index in [1.807, 2.05) is 20.8 Å². The molecule has 0 heterocycles. The maximum Gasteiger partial charge on any atom is 0.329 e. The lowest BCUT2D eigenvalue weighted by molar-refractivity contribution is -0.148. The molecule has 19 heavy (non-hydrogen) atoms. The van der Waals surface area contributed by atoms with Crippen LogP contribution in [0, 0.1) is 0 Å². The van der Waals surface area contributed by atoms with E-state index < -0.39 is 17.0 Å². The van der Waals surface area contributed by atoms with Gasteiger partial charge in [-0.2, -0.15) is 0 Å². The Morgan fingerprint density at radius 3 is 1.89 bits per heavy atom. The average molecular weight is 270 g/mol. The minimum absolute atomic E-state index is 0.290. The van der Waals surface area contributed by atoms with Crippen molar-refractivity contribution >= 4 is 12.0 Å². The van der Waals surface area contributed by atoms with E-state index in [0.29, 0.717) is 13.1 Å². The van der Waals surface area contributed by atoms with Crippen molar-refractivity contribution in [3.63, 3.8) is 0 Å². The summed E-state index contributed by atoms with van der Waals surface area (Å²) in [5.74, 6) is -1.02. The van der Waals surface area contributed by atoms with Crippen LogP contribution in [0.4, 0.5) is 4.79 Å². The molecular weight excluding hydrogens is 244 g/mol. The summed E-state index contributed by atoms with van der Waals surface area (Å²) in [4.78, 5) is 26.9. The van der Waals surface area contributed by atoms with Gasteiger partial charge in [0.15, 0.2) is 0 Å². The molecule has 0 saturated heterocycles. The third kappa shape index (κ3) is 3.98. The molecule has 5 heteroatoms. The van der Waals surface area contributed by atoms with Gasteiger partial charge in [0, 0.05) is 18.6 Å². The molecule has 0 bridgehead atoms. The molecule has 0 rings (SSSR count). The standard InChI is InChI=1S/C14H26N2O3/c1-8-10-16(13(3,4)5)12(19)15(9-2)14(6,7)11(17)18/h8H,1,9-10H2,2-7H3,(H,17,18).